The fraction of sp³-hybridized carbons (Fsp3) is 0.923. The summed E-state index contributed by atoms with van der Waals surface area (Å²) in [4.78, 5) is 12.2. The maximum atomic E-state index is 12.2. The minimum Gasteiger partial charge on any atom is -0.353 e. The Morgan fingerprint density at radius 3 is 2.94 bits per heavy atom. The van der Waals surface area contributed by atoms with E-state index in [2.05, 4.69) is 0 Å². The molecule has 1 aliphatic rings. The standard InChI is InChI=1S/C13H26N2O3/c1-2-17-12-9-10(6-8-18-12)13(16)11(15)5-3-4-7-14/h10-12H,2-9,14-15H2,1H3/t10?,11-,12?/m0/s1. The topological polar surface area (TPSA) is 87.6 Å². The molecule has 5 heteroatoms. The van der Waals surface area contributed by atoms with E-state index in [9.17, 15) is 4.79 Å². The van der Waals surface area contributed by atoms with E-state index in [4.69, 9.17) is 20.9 Å². The average Bonchev–Trinajstić information content (AvgIpc) is 2.39. The number of carbonyl (C=O) groups is 1. The van der Waals surface area contributed by atoms with E-state index in [0.29, 0.717) is 26.2 Å². The van der Waals surface area contributed by atoms with Crippen LogP contribution < -0.4 is 11.5 Å². The summed E-state index contributed by atoms with van der Waals surface area (Å²) < 4.78 is 10.9. The second-order valence-electron chi connectivity index (χ2n) is 4.77. The molecule has 1 rings (SSSR count). The monoisotopic (exact) mass is 258 g/mol. The van der Waals surface area contributed by atoms with Crippen LogP contribution in [0.2, 0.25) is 0 Å². The lowest BCUT2D eigenvalue weighted by molar-refractivity contribution is -0.175. The largest absolute Gasteiger partial charge is 0.353 e. The van der Waals surface area contributed by atoms with Gasteiger partial charge in [-0.3, -0.25) is 4.79 Å². The maximum Gasteiger partial charge on any atom is 0.158 e. The molecule has 0 spiro atoms. The molecule has 0 radical (unpaired) electrons. The first-order valence-corrected chi connectivity index (χ1v) is 6.91. The molecule has 0 saturated carbocycles. The molecule has 106 valence electrons. The van der Waals surface area contributed by atoms with Crippen LogP contribution in [0.1, 0.15) is 39.0 Å². The molecule has 4 N–H and O–H groups in total. The van der Waals surface area contributed by atoms with Crippen LogP contribution in [0.25, 0.3) is 0 Å². The van der Waals surface area contributed by atoms with Gasteiger partial charge in [0.2, 0.25) is 0 Å². The van der Waals surface area contributed by atoms with Gasteiger partial charge in [-0.05, 0) is 32.7 Å². The van der Waals surface area contributed by atoms with Crippen LogP contribution in [-0.4, -0.2) is 37.9 Å². The molecule has 0 aromatic heterocycles. The van der Waals surface area contributed by atoms with E-state index in [1.54, 1.807) is 0 Å². The van der Waals surface area contributed by atoms with Crippen LogP contribution in [0.15, 0.2) is 0 Å². The fourth-order valence-electron chi connectivity index (χ4n) is 2.27. The molecular formula is C13H26N2O3. The van der Waals surface area contributed by atoms with Crippen LogP contribution >= 0.6 is 0 Å². The Labute approximate surface area is 109 Å². The van der Waals surface area contributed by atoms with Gasteiger partial charge in [0.1, 0.15) is 0 Å². The van der Waals surface area contributed by atoms with E-state index in [0.717, 1.165) is 25.7 Å². The number of Topliss-reactive ketones (excluding diaryl/α,β-unsaturated/α-hetero) is 1. The Bertz CT molecular complexity index is 246. The van der Waals surface area contributed by atoms with Gasteiger partial charge in [0, 0.05) is 18.9 Å². The zero-order valence-electron chi connectivity index (χ0n) is 11.3. The molecule has 0 bridgehead atoms. The van der Waals surface area contributed by atoms with E-state index >= 15 is 0 Å². The lowest BCUT2D eigenvalue weighted by atomic mass is 9.89. The molecule has 0 amide bonds. The highest BCUT2D eigenvalue weighted by molar-refractivity contribution is 5.86. The summed E-state index contributed by atoms with van der Waals surface area (Å²) in [5, 5.41) is 0. The predicted molar refractivity (Wildman–Crippen MR) is 70.0 cm³/mol. The van der Waals surface area contributed by atoms with Crippen molar-refractivity contribution in [2.45, 2.75) is 51.4 Å². The molecule has 1 saturated heterocycles. The van der Waals surface area contributed by atoms with Gasteiger partial charge in [-0.15, -0.1) is 0 Å². The highest BCUT2D eigenvalue weighted by atomic mass is 16.7. The average molecular weight is 258 g/mol. The summed E-state index contributed by atoms with van der Waals surface area (Å²) in [5.74, 6) is 0.142. The Morgan fingerprint density at radius 1 is 1.50 bits per heavy atom. The number of rotatable bonds is 8. The van der Waals surface area contributed by atoms with Gasteiger partial charge in [-0.2, -0.15) is 0 Å². The van der Waals surface area contributed by atoms with Crippen LogP contribution in [-0.2, 0) is 14.3 Å². The first kappa shape index (κ1) is 15.6. The molecule has 1 heterocycles. The Balaban J connectivity index is 2.35. The van der Waals surface area contributed by atoms with Crippen molar-refractivity contribution in [3.05, 3.63) is 0 Å². The minimum atomic E-state index is -0.359. The summed E-state index contributed by atoms with van der Waals surface area (Å²) in [6.07, 6.45) is 3.73. The van der Waals surface area contributed by atoms with Crippen molar-refractivity contribution in [1.82, 2.24) is 0 Å². The molecule has 0 aromatic carbocycles. The zero-order valence-corrected chi connectivity index (χ0v) is 11.3. The number of hydrogen-bond acceptors (Lipinski definition) is 5. The smallest absolute Gasteiger partial charge is 0.158 e. The predicted octanol–water partition coefficient (Wildman–Crippen LogP) is 0.801. The van der Waals surface area contributed by atoms with Gasteiger partial charge < -0.3 is 20.9 Å². The quantitative estimate of drug-likeness (QED) is 0.629. The van der Waals surface area contributed by atoms with Crippen molar-refractivity contribution in [2.75, 3.05) is 19.8 Å². The lowest BCUT2D eigenvalue weighted by Crippen LogP contribution is -2.40. The second-order valence-corrected chi connectivity index (χ2v) is 4.77. The third kappa shape index (κ3) is 5.02. The Kier molecular flexibility index (Phi) is 7.42. The highest BCUT2D eigenvalue weighted by Crippen LogP contribution is 2.23. The summed E-state index contributed by atoms with van der Waals surface area (Å²) in [6, 6.07) is -0.359. The summed E-state index contributed by atoms with van der Waals surface area (Å²) in [7, 11) is 0. The summed E-state index contributed by atoms with van der Waals surface area (Å²) >= 11 is 0. The highest BCUT2D eigenvalue weighted by Gasteiger charge is 2.30. The molecule has 1 aliphatic heterocycles. The van der Waals surface area contributed by atoms with Crippen molar-refractivity contribution < 1.29 is 14.3 Å². The molecule has 3 atom stereocenters. The number of nitrogens with two attached hydrogens (primary N) is 2. The van der Waals surface area contributed by atoms with Gasteiger partial charge in [0.25, 0.3) is 0 Å². The second kappa shape index (κ2) is 8.58. The van der Waals surface area contributed by atoms with Crippen molar-refractivity contribution in [3.8, 4) is 0 Å². The molecule has 0 aromatic rings. The van der Waals surface area contributed by atoms with Gasteiger partial charge in [-0.25, -0.2) is 0 Å². The van der Waals surface area contributed by atoms with Gasteiger partial charge in [-0.1, -0.05) is 6.42 Å². The molecule has 5 nitrogen and oxygen atoms in total. The number of hydrogen-bond donors (Lipinski definition) is 2. The van der Waals surface area contributed by atoms with Crippen LogP contribution in [0, 0.1) is 5.92 Å². The summed E-state index contributed by atoms with van der Waals surface area (Å²) in [5.41, 5.74) is 11.4. The SMILES string of the molecule is CCOC1CC(C(=O)[C@@H](N)CCCCN)CCO1. The number of ketones is 1. The third-order valence-electron chi connectivity index (χ3n) is 3.34. The fourth-order valence-corrected chi connectivity index (χ4v) is 2.27. The van der Waals surface area contributed by atoms with Crippen molar-refractivity contribution >= 4 is 5.78 Å². The van der Waals surface area contributed by atoms with Gasteiger partial charge in [0.15, 0.2) is 12.1 Å². The normalized spacial score (nSPS) is 25.9. The Hall–Kier alpha value is -0.490. The maximum absolute atomic E-state index is 12.2. The lowest BCUT2D eigenvalue weighted by Gasteiger charge is -2.29. The van der Waals surface area contributed by atoms with E-state index in [1.165, 1.54) is 0 Å². The van der Waals surface area contributed by atoms with Crippen molar-refractivity contribution in [1.29, 1.82) is 0 Å². The van der Waals surface area contributed by atoms with E-state index in [-0.39, 0.29) is 24.0 Å². The van der Waals surface area contributed by atoms with Crippen molar-refractivity contribution in [2.24, 2.45) is 17.4 Å². The first-order valence-electron chi connectivity index (χ1n) is 6.91. The van der Waals surface area contributed by atoms with E-state index < -0.39 is 0 Å². The molecule has 1 fully saturated rings. The van der Waals surface area contributed by atoms with Gasteiger partial charge in [0.05, 0.1) is 12.6 Å². The van der Waals surface area contributed by atoms with Crippen LogP contribution in [0.4, 0.5) is 0 Å². The minimum absolute atomic E-state index is 0.0109. The van der Waals surface area contributed by atoms with E-state index in [1.807, 2.05) is 6.92 Å². The van der Waals surface area contributed by atoms with Gasteiger partial charge >= 0.3 is 0 Å². The molecule has 18 heavy (non-hydrogen) atoms. The zero-order chi connectivity index (χ0) is 13.4. The molecular weight excluding hydrogens is 232 g/mol. The van der Waals surface area contributed by atoms with Crippen LogP contribution in [0.5, 0.6) is 0 Å². The number of unbranched alkanes of at least 4 members (excludes halogenated alkanes) is 1. The van der Waals surface area contributed by atoms with Crippen LogP contribution in [0.3, 0.4) is 0 Å². The number of carbonyl (C=O) groups excluding carboxylic acids is 1. The Morgan fingerprint density at radius 2 is 2.28 bits per heavy atom. The van der Waals surface area contributed by atoms with Crippen molar-refractivity contribution in [3.63, 3.8) is 0 Å². The molecule has 2 unspecified atom stereocenters. The molecule has 0 aliphatic carbocycles. The number of ether oxygens (including phenoxy) is 2. The summed E-state index contributed by atoms with van der Waals surface area (Å²) in [6.45, 7) is 3.77. The third-order valence-corrected chi connectivity index (χ3v) is 3.34. The first-order chi connectivity index (χ1) is 8.69.